The van der Waals surface area contributed by atoms with E-state index in [2.05, 4.69) is 4.98 Å². The maximum absolute atomic E-state index is 14.1. The van der Waals surface area contributed by atoms with E-state index in [4.69, 9.17) is 10.5 Å². The van der Waals surface area contributed by atoms with Gasteiger partial charge in [-0.25, -0.2) is 9.18 Å². The zero-order chi connectivity index (χ0) is 21.8. The Bertz CT molecular complexity index is 1030. The number of nitrogens with two attached hydrogens (primary N) is 1. The predicted octanol–water partition coefficient (Wildman–Crippen LogP) is 1.84. The summed E-state index contributed by atoms with van der Waals surface area (Å²) in [6.07, 6.45) is 2.01. The first kappa shape index (κ1) is 21.8. The fraction of sp³-hybridized carbons (Fsp3) is 0.476. The van der Waals surface area contributed by atoms with Gasteiger partial charge in [0.25, 0.3) is 5.56 Å². The first-order chi connectivity index (χ1) is 14.4. The second-order valence-corrected chi connectivity index (χ2v) is 7.45. The van der Waals surface area contributed by atoms with E-state index in [0.29, 0.717) is 24.9 Å². The van der Waals surface area contributed by atoms with Crippen LogP contribution in [0.2, 0.25) is 0 Å². The number of rotatable bonds is 9. The molecule has 0 aliphatic heterocycles. The zero-order valence-electron chi connectivity index (χ0n) is 17.2. The quantitative estimate of drug-likeness (QED) is 0.646. The molecule has 1 saturated carbocycles. The standard InChI is InChI=1S/C21H27FN4O4/c1-3-4-9-26-18(23)17(19(27)24-21(26)29)25(10-11-30-2)20(28)15-12-14(15)13-7-5-6-8-16(13)22/h5-8,14-15H,3-4,9-12,23H2,1-2H3,(H,24,27,29). The number of benzene rings is 1. The van der Waals surface area contributed by atoms with Gasteiger partial charge in [0.1, 0.15) is 11.6 Å². The van der Waals surface area contributed by atoms with Crippen LogP contribution in [0.3, 0.4) is 0 Å². The summed E-state index contributed by atoms with van der Waals surface area (Å²) >= 11 is 0. The molecule has 3 rings (SSSR count). The maximum Gasteiger partial charge on any atom is 0.330 e. The summed E-state index contributed by atoms with van der Waals surface area (Å²) in [6, 6.07) is 6.36. The van der Waals surface area contributed by atoms with Gasteiger partial charge in [-0.15, -0.1) is 0 Å². The molecule has 2 unspecified atom stereocenters. The summed E-state index contributed by atoms with van der Waals surface area (Å²) in [7, 11) is 1.48. The van der Waals surface area contributed by atoms with E-state index in [1.807, 2.05) is 6.92 Å². The Kier molecular flexibility index (Phi) is 6.71. The summed E-state index contributed by atoms with van der Waals surface area (Å²) < 4.78 is 20.5. The number of ether oxygens (including phenoxy) is 1. The van der Waals surface area contributed by atoms with Crippen LogP contribution in [-0.2, 0) is 16.1 Å². The topological polar surface area (TPSA) is 110 Å². The molecular weight excluding hydrogens is 391 g/mol. The number of anilines is 2. The highest BCUT2D eigenvalue weighted by molar-refractivity contribution is 5.99. The minimum atomic E-state index is -0.724. The van der Waals surface area contributed by atoms with Gasteiger partial charge in [-0.2, -0.15) is 0 Å². The number of hydrogen-bond donors (Lipinski definition) is 2. The average Bonchev–Trinajstić information content (AvgIpc) is 3.50. The number of nitrogen functional groups attached to an aromatic ring is 1. The minimum absolute atomic E-state index is 0.0512. The highest BCUT2D eigenvalue weighted by Crippen LogP contribution is 2.49. The van der Waals surface area contributed by atoms with Gasteiger partial charge in [0.15, 0.2) is 5.69 Å². The first-order valence-electron chi connectivity index (χ1n) is 10.1. The Morgan fingerprint density at radius 2 is 2.10 bits per heavy atom. The third-order valence-electron chi connectivity index (χ3n) is 5.42. The smallest absolute Gasteiger partial charge is 0.330 e. The predicted molar refractivity (Wildman–Crippen MR) is 112 cm³/mol. The van der Waals surface area contributed by atoms with Crippen molar-refractivity contribution in [2.45, 2.75) is 38.6 Å². The van der Waals surface area contributed by atoms with Crippen LogP contribution in [0.15, 0.2) is 33.9 Å². The van der Waals surface area contributed by atoms with E-state index in [1.54, 1.807) is 18.2 Å². The van der Waals surface area contributed by atoms with Crippen molar-refractivity contribution in [2.75, 3.05) is 30.9 Å². The van der Waals surface area contributed by atoms with E-state index in [9.17, 15) is 18.8 Å². The minimum Gasteiger partial charge on any atom is -0.383 e. The van der Waals surface area contributed by atoms with Crippen molar-refractivity contribution in [3.63, 3.8) is 0 Å². The number of nitrogens with zero attached hydrogens (tertiary/aromatic N) is 2. The van der Waals surface area contributed by atoms with Crippen molar-refractivity contribution in [1.82, 2.24) is 9.55 Å². The van der Waals surface area contributed by atoms with Gasteiger partial charge < -0.3 is 15.4 Å². The molecule has 1 aliphatic carbocycles. The molecular formula is C21H27FN4O4. The van der Waals surface area contributed by atoms with Crippen LogP contribution in [0.5, 0.6) is 0 Å². The average molecular weight is 418 g/mol. The van der Waals surface area contributed by atoms with Crippen molar-refractivity contribution in [2.24, 2.45) is 5.92 Å². The fourth-order valence-electron chi connectivity index (χ4n) is 3.68. The van der Waals surface area contributed by atoms with E-state index >= 15 is 0 Å². The number of unbranched alkanes of at least 4 members (excludes halogenated alkanes) is 1. The molecule has 30 heavy (non-hydrogen) atoms. The summed E-state index contributed by atoms with van der Waals surface area (Å²) in [5.74, 6) is -1.46. The number of methoxy groups -OCH3 is 1. The molecule has 0 bridgehead atoms. The highest BCUT2D eigenvalue weighted by Gasteiger charge is 2.47. The Hall–Kier alpha value is -2.94. The van der Waals surface area contributed by atoms with E-state index < -0.39 is 17.2 Å². The molecule has 1 fully saturated rings. The van der Waals surface area contributed by atoms with Gasteiger partial charge in [-0.3, -0.25) is 19.1 Å². The lowest BCUT2D eigenvalue weighted by Gasteiger charge is -2.24. The monoisotopic (exact) mass is 418 g/mol. The van der Waals surface area contributed by atoms with Crippen molar-refractivity contribution >= 4 is 17.4 Å². The van der Waals surface area contributed by atoms with Crippen molar-refractivity contribution in [1.29, 1.82) is 0 Å². The molecule has 1 heterocycles. The van der Waals surface area contributed by atoms with Gasteiger partial charge in [0.2, 0.25) is 5.91 Å². The molecule has 2 aromatic rings. The van der Waals surface area contributed by atoms with E-state index in [-0.39, 0.29) is 42.3 Å². The van der Waals surface area contributed by atoms with E-state index in [1.165, 1.54) is 22.6 Å². The van der Waals surface area contributed by atoms with Gasteiger partial charge in [0, 0.05) is 26.1 Å². The molecule has 1 aromatic carbocycles. The number of nitrogens with one attached hydrogen (secondary N) is 1. The Morgan fingerprint density at radius 1 is 1.37 bits per heavy atom. The number of amides is 1. The molecule has 0 spiro atoms. The summed E-state index contributed by atoms with van der Waals surface area (Å²) in [5, 5.41) is 0. The lowest BCUT2D eigenvalue weighted by molar-refractivity contribution is -0.120. The number of carbonyl (C=O) groups is 1. The SMILES string of the molecule is CCCCn1c(N)c(N(CCOC)C(=O)C2CC2c2ccccc2F)c(=O)[nH]c1=O. The lowest BCUT2D eigenvalue weighted by atomic mass is 10.1. The van der Waals surface area contributed by atoms with Crippen molar-refractivity contribution < 1.29 is 13.9 Å². The maximum atomic E-state index is 14.1. The van der Waals surface area contributed by atoms with Gasteiger partial charge >= 0.3 is 5.69 Å². The number of aromatic nitrogens is 2. The molecule has 9 heteroatoms. The van der Waals surface area contributed by atoms with Gasteiger partial charge in [-0.1, -0.05) is 31.5 Å². The third kappa shape index (κ3) is 4.30. The van der Waals surface area contributed by atoms with Crippen LogP contribution in [-0.4, -0.2) is 35.7 Å². The Labute approximate surface area is 173 Å². The molecule has 8 nitrogen and oxygen atoms in total. The summed E-state index contributed by atoms with van der Waals surface area (Å²) in [4.78, 5) is 41.6. The number of H-pyrrole nitrogens is 1. The molecule has 1 aliphatic rings. The Morgan fingerprint density at radius 3 is 2.77 bits per heavy atom. The van der Waals surface area contributed by atoms with Crippen LogP contribution < -0.4 is 21.9 Å². The molecule has 2 atom stereocenters. The van der Waals surface area contributed by atoms with Crippen LogP contribution in [0.25, 0.3) is 0 Å². The second-order valence-electron chi connectivity index (χ2n) is 7.45. The largest absolute Gasteiger partial charge is 0.383 e. The number of halogens is 1. The molecule has 162 valence electrons. The molecule has 1 aromatic heterocycles. The van der Waals surface area contributed by atoms with Crippen LogP contribution in [0, 0.1) is 11.7 Å². The van der Waals surface area contributed by atoms with Gasteiger partial charge in [-0.05, 0) is 30.4 Å². The normalized spacial score (nSPS) is 17.7. The van der Waals surface area contributed by atoms with E-state index in [0.717, 1.165) is 6.42 Å². The summed E-state index contributed by atoms with van der Waals surface area (Å²) in [5.41, 5.74) is 5.26. The number of carbonyl (C=O) groups excluding carboxylic acids is 1. The highest BCUT2D eigenvalue weighted by atomic mass is 19.1. The number of hydrogen-bond acceptors (Lipinski definition) is 5. The van der Waals surface area contributed by atoms with Crippen molar-refractivity contribution in [3.8, 4) is 0 Å². The Balaban J connectivity index is 1.95. The van der Waals surface area contributed by atoms with Gasteiger partial charge in [0.05, 0.1) is 6.61 Å². The molecule has 1 amide bonds. The third-order valence-corrected chi connectivity index (χ3v) is 5.42. The second kappa shape index (κ2) is 9.25. The molecule has 3 N–H and O–H groups in total. The first-order valence-corrected chi connectivity index (χ1v) is 10.1. The fourth-order valence-corrected chi connectivity index (χ4v) is 3.68. The zero-order valence-corrected chi connectivity index (χ0v) is 17.2. The van der Waals surface area contributed by atoms with Crippen LogP contribution in [0.4, 0.5) is 15.9 Å². The molecule has 0 radical (unpaired) electrons. The molecule has 0 saturated heterocycles. The van der Waals surface area contributed by atoms with Crippen LogP contribution in [0.1, 0.15) is 37.7 Å². The van der Waals surface area contributed by atoms with Crippen molar-refractivity contribution in [3.05, 3.63) is 56.5 Å². The van der Waals surface area contributed by atoms with Crippen LogP contribution >= 0.6 is 0 Å². The summed E-state index contributed by atoms with van der Waals surface area (Å²) in [6.45, 7) is 2.57. The number of aromatic amines is 1. The lowest BCUT2D eigenvalue weighted by Crippen LogP contribution is -2.43.